The summed E-state index contributed by atoms with van der Waals surface area (Å²) in [6.07, 6.45) is 2.77. The summed E-state index contributed by atoms with van der Waals surface area (Å²) in [5.74, 6) is 0. The molecule has 0 spiro atoms. The predicted octanol–water partition coefficient (Wildman–Crippen LogP) is 3.16. The van der Waals surface area contributed by atoms with E-state index in [1.807, 2.05) is 12.3 Å². The molecule has 0 atom stereocenters. The third kappa shape index (κ3) is 2.66. The first-order chi connectivity index (χ1) is 9.36. The molecule has 0 unspecified atom stereocenters. The molecule has 0 fully saturated rings. The molecule has 7 heteroatoms. The summed E-state index contributed by atoms with van der Waals surface area (Å²) >= 11 is 3.30. The molecule has 0 bridgehead atoms. The van der Waals surface area contributed by atoms with Gasteiger partial charge in [0.1, 0.15) is 5.01 Å². The first-order valence-corrected chi connectivity index (χ1v) is 7.69. The molecule has 0 aromatic carbocycles. The van der Waals surface area contributed by atoms with Crippen LogP contribution in [-0.4, -0.2) is 20.4 Å². The lowest BCUT2D eigenvalue weighted by Gasteiger charge is -2.01. The molecule has 3 heterocycles. The highest BCUT2D eigenvalue weighted by Gasteiger charge is 2.09. The molecule has 0 aliphatic rings. The first kappa shape index (κ1) is 12.3. The van der Waals surface area contributed by atoms with Crippen LogP contribution in [-0.2, 0) is 13.0 Å². The van der Waals surface area contributed by atoms with Gasteiger partial charge in [0.2, 0.25) is 5.13 Å². The zero-order valence-corrected chi connectivity index (χ0v) is 12.0. The van der Waals surface area contributed by atoms with E-state index in [4.69, 9.17) is 0 Å². The Morgan fingerprint density at radius 2 is 2.32 bits per heavy atom. The molecule has 0 saturated carbocycles. The van der Waals surface area contributed by atoms with Gasteiger partial charge in [-0.3, -0.25) is 5.10 Å². The molecular formula is C12H13N5S2. The number of thiophene rings is 1. The van der Waals surface area contributed by atoms with Crippen molar-refractivity contribution >= 4 is 27.8 Å². The van der Waals surface area contributed by atoms with Gasteiger partial charge in [-0.25, -0.2) is 0 Å². The van der Waals surface area contributed by atoms with Gasteiger partial charge in [-0.1, -0.05) is 24.3 Å². The molecule has 0 aliphatic heterocycles. The normalized spacial score (nSPS) is 10.8. The molecule has 2 N–H and O–H groups in total. The Morgan fingerprint density at radius 3 is 3.05 bits per heavy atom. The van der Waals surface area contributed by atoms with Crippen LogP contribution in [0.15, 0.2) is 23.7 Å². The van der Waals surface area contributed by atoms with Crippen LogP contribution in [0.4, 0.5) is 5.13 Å². The summed E-state index contributed by atoms with van der Waals surface area (Å²) in [7, 11) is 0. The van der Waals surface area contributed by atoms with E-state index in [0.29, 0.717) is 6.54 Å². The van der Waals surface area contributed by atoms with Crippen molar-refractivity contribution < 1.29 is 0 Å². The van der Waals surface area contributed by atoms with E-state index in [2.05, 4.69) is 44.1 Å². The number of hydrogen-bond donors (Lipinski definition) is 2. The predicted molar refractivity (Wildman–Crippen MR) is 78.5 cm³/mol. The molecule has 0 amide bonds. The van der Waals surface area contributed by atoms with Crippen molar-refractivity contribution in [3.8, 4) is 10.6 Å². The van der Waals surface area contributed by atoms with Gasteiger partial charge in [0, 0.05) is 12.1 Å². The average molecular weight is 291 g/mol. The van der Waals surface area contributed by atoms with Crippen LogP contribution in [0.2, 0.25) is 0 Å². The van der Waals surface area contributed by atoms with Crippen molar-refractivity contribution in [3.63, 3.8) is 0 Å². The number of aromatic amines is 1. The standard InChI is InChI=1S/C12H13N5S2/c1-2-10-15-17-12(19-10)13-6-8-7-14-16-11(8)9-4-3-5-18-9/h3-5,7H,2,6H2,1H3,(H,13,17)(H,14,16). The van der Waals surface area contributed by atoms with Crippen molar-refractivity contribution in [1.82, 2.24) is 20.4 Å². The maximum atomic E-state index is 4.12. The Bertz CT molecular complexity index is 641. The summed E-state index contributed by atoms with van der Waals surface area (Å²) in [4.78, 5) is 1.20. The largest absolute Gasteiger partial charge is 0.356 e. The minimum atomic E-state index is 0.697. The van der Waals surface area contributed by atoms with E-state index in [9.17, 15) is 0 Å². The molecule has 5 nitrogen and oxygen atoms in total. The van der Waals surface area contributed by atoms with Crippen LogP contribution in [0.1, 0.15) is 17.5 Å². The number of hydrogen-bond acceptors (Lipinski definition) is 6. The maximum absolute atomic E-state index is 4.12. The van der Waals surface area contributed by atoms with E-state index in [0.717, 1.165) is 27.8 Å². The molecule has 0 saturated heterocycles. The lowest BCUT2D eigenvalue weighted by molar-refractivity contribution is 0.976. The average Bonchev–Trinajstić information content (AvgIpc) is 3.16. The Morgan fingerprint density at radius 1 is 1.37 bits per heavy atom. The fourth-order valence-corrected chi connectivity index (χ4v) is 3.15. The zero-order valence-electron chi connectivity index (χ0n) is 10.4. The second-order valence-corrected chi connectivity index (χ2v) is 5.97. The van der Waals surface area contributed by atoms with Gasteiger partial charge in [-0.15, -0.1) is 21.5 Å². The van der Waals surface area contributed by atoms with Crippen LogP contribution >= 0.6 is 22.7 Å². The molecular weight excluding hydrogens is 278 g/mol. The monoisotopic (exact) mass is 291 g/mol. The third-order valence-electron chi connectivity index (χ3n) is 2.68. The SMILES string of the molecule is CCc1nnc(NCc2cn[nH]c2-c2cccs2)s1. The minimum absolute atomic E-state index is 0.697. The molecule has 3 aromatic rings. The molecule has 19 heavy (non-hydrogen) atoms. The Balaban J connectivity index is 1.72. The number of nitrogens with one attached hydrogen (secondary N) is 2. The Hall–Kier alpha value is -1.73. The van der Waals surface area contributed by atoms with E-state index < -0.39 is 0 Å². The van der Waals surface area contributed by atoms with Gasteiger partial charge < -0.3 is 5.32 Å². The van der Waals surface area contributed by atoms with Gasteiger partial charge in [0.05, 0.1) is 16.8 Å². The van der Waals surface area contributed by atoms with Crippen molar-refractivity contribution in [2.24, 2.45) is 0 Å². The summed E-state index contributed by atoms with van der Waals surface area (Å²) in [6.45, 7) is 2.78. The first-order valence-electron chi connectivity index (χ1n) is 5.99. The van der Waals surface area contributed by atoms with E-state index in [1.165, 1.54) is 4.88 Å². The smallest absolute Gasteiger partial charge is 0.205 e. The highest BCUT2D eigenvalue weighted by Crippen LogP contribution is 2.26. The van der Waals surface area contributed by atoms with Crippen LogP contribution < -0.4 is 5.32 Å². The number of nitrogens with zero attached hydrogens (tertiary/aromatic N) is 3. The van der Waals surface area contributed by atoms with Crippen LogP contribution in [0.5, 0.6) is 0 Å². The van der Waals surface area contributed by atoms with Crippen LogP contribution in [0.3, 0.4) is 0 Å². The van der Waals surface area contributed by atoms with Gasteiger partial charge in [-0.05, 0) is 17.9 Å². The third-order valence-corrected chi connectivity index (χ3v) is 4.60. The lowest BCUT2D eigenvalue weighted by atomic mass is 10.2. The number of aromatic nitrogens is 4. The molecule has 3 aromatic heterocycles. The second kappa shape index (κ2) is 5.50. The summed E-state index contributed by atoms with van der Waals surface area (Å²) in [6, 6.07) is 4.12. The maximum Gasteiger partial charge on any atom is 0.205 e. The van der Waals surface area contributed by atoms with Gasteiger partial charge in [0.25, 0.3) is 0 Å². The van der Waals surface area contributed by atoms with Crippen molar-refractivity contribution in [2.75, 3.05) is 5.32 Å². The van der Waals surface area contributed by atoms with Gasteiger partial charge in [-0.2, -0.15) is 5.10 Å². The number of rotatable bonds is 5. The molecule has 0 radical (unpaired) electrons. The Kier molecular flexibility index (Phi) is 3.56. The second-order valence-electron chi connectivity index (χ2n) is 3.96. The summed E-state index contributed by atoms with van der Waals surface area (Å²) in [5, 5.41) is 22.6. The fourth-order valence-electron chi connectivity index (χ4n) is 1.72. The van der Waals surface area contributed by atoms with E-state index in [-0.39, 0.29) is 0 Å². The summed E-state index contributed by atoms with van der Waals surface area (Å²) < 4.78 is 0. The van der Waals surface area contributed by atoms with Crippen molar-refractivity contribution in [1.29, 1.82) is 0 Å². The van der Waals surface area contributed by atoms with Crippen LogP contribution in [0.25, 0.3) is 10.6 Å². The van der Waals surface area contributed by atoms with Gasteiger partial charge >= 0.3 is 0 Å². The van der Waals surface area contributed by atoms with Crippen molar-refractivity contribution in [2.45, 2.75) is 19.9 Å². The number of H-pyrrole nitrogens is 1. The highest BCUT2D eigenvalue weighted by atomic mass is 32.1. The Labute approximate surface area is 118 Å². The number of anilines is 1. The molecule has 3 rings (SSSR count). The molecule has 0 aliphatic carbocycles. The van der Waals surface area contributed by atoms with Crippen LogP contribution in [0, 0.1) is 0 Å². The molecule has 98 valence electrons. The summed E-state index contributed by atoms with van der Waals surface area (Å²) in [5.41, 5.74) is 2.21. The minimum Gasteiger partial charge on any atom is -0.356 e. The highest BCUT2D eigenvalue weighted by molar-refractivity contribution is 7.15. The number of aryl methyl sites for hydroxylation is 1. The van der Waals surface area contributed by atoms with E-state index in [1.54, 1.807) is 22.7 Å². The zero-order chi connectivity index (χ0) is 13.1. The lowest BCUT2D eigenvalue weighted by Crippen LogP contribution is -1.99. The topological polar surface area (TPSA) is 66.5 Å². The van der Waals surface area contributed by atoms with Crippen molar-refractivity contribution in [3.05, 3.63) is 34.3 Å². The van der Waals surface area contributed by atoms with E-state index >= 15 is 0 Å². The van der Waals surface area contributed by atoms with Gasteiger partial charge in [0.15, 0.2) is 0 Å². The quantitative estimate of drug-likeness (QED) is 0.757. The fraction of sp³-hybridized carbons (Fsp3) is 0.250.